The number of carbonyl (C=O) groups is 2. The Morgan fingerprint density at radius 1 is 1.33 bits per heavy atom. The number of nitrogens with one attached hydrogen (secondary N) is 1. The summed E-state index contributed by atoms with van der Waals surface area (Å²) in [4.78, 5) is 25.5. The summed E-state index contributed by atoms with van der Waals surface area (Å²) in [6.45, 7) is 2.55. The number of halogens is 2. The van der Waals surface area contributed by atoms with Gasteiger partial charge in [0.2, 0.25) is 5.91 Å². The molecule has 21 heavy (non-hydrogen) atoms. The standard InChI is InChI=1S/C14H16BrFN2O3/c15-12-9-10(16)1-2-11(12)14(20)17-4-3-13(19)18-5-7-21-8-6-18/h1-2,9H,3-8H2,(H,17,20). The zero-order valence-electron chi connectivity index (χ0n) is 11.4. The molecule has 1 fully saturated rings. The maximum Gasteiger partial charge on any atom is 0.252 e. The van der Waals surface area contributed by atoms with Gasteiger partial charge in [-0.2, -0.15) is 0 Å². The molecule has 0 unspecified atom stereocenters. The molecule has 1 aromatic rings. The predicted molar refractivity (Wildman–Crippen MR) is 78.4 cm³/mol. The maximum atomic E-state index is 13.0. The molecular formula is C14H16BrFN2O3. The molecule has 2 amide bonds. The number of ether oxygens (including phenoxy) is 1. The highest BCUT2D eigenvalue weighted by atomic mass is 79.9. The largest absolute Gasteiger partial charge is 0.378 e. The van der Waals surface area contributed by atoms with E-state index >= 15 is 0 Å². The van der Waals surface area contributed by atoms with Crippen molar-refractivity contribution in [2.75, 3.05) is 32.8 Å². The van der Waals surface area contributed by atoms with Crippen molar-refractivity contribution in [3.05, 3.63) is 34.1 Å². The van der Waals surface area contributed by atoms with Gasteiger partial charge in [0, 0.05) is 30.5 Å². The highest BCUT2D eigenvalue weighted by Crippen LogP contribution is 2.17. The van der Waals surface area contributed by atoms with E-state index in [1.807, 2.05) is 0 Å². The fraction of sp³-hybridized carbons (Fsp3) is 0.429. The Morgan fingerprint density at radius 3 is 2.71 bits per heavy atom. The summed E-state index contributed by atoms with van der Waals surface area (Å²) in [5, 5.41) is 2.66. The molecule has 0 saturated carbocycles. The molecule has 1 aliphatic rings. The summed E-state index contributed by atoms with van der Waals surface area (Å²) in [6.07, 6.45) is 0.241. The van der Waals surface area contributed by atoms with Crippen LogP contribution < -0.4 is 5.32 Å². The highest BCUT2D eigenvalue weighted by Gasteiger charge is 2.17. The Hall–Kier alpha value is -1.47. The van der Waals surface area contributed by atoms with Crippen molar-refractivity contribution in [2.24, 2.45) is 0 Å². The summed E-state index contributed by atoms with van der Waals surface area (Å²) >= 11 is 3.14. The van der Waals surface area contributed by atoms with Crippen LogP contribution in [0.3, 0.4) is 0 Å². The zero-order valence-corrected chi connectivity index (χ0v) is 13.0. The molecule has 1 aromatic carbocycles. The minimum absolute atomic E-state index is 0.00299. The fourth-order valence-electron chi connectivity index (χ4n) is 2.02. The number of carbonyl (C=O) groups excluding carboxylic acids is 2. The minimum atomic E-state index is -0.416. The Balaban J connectivity index is 1.79. The topological polar surface area (TPSA) is 58.6 Å². The number of hydrogen-bond donors (Lipinski definition) is 1. The van der Waals surface area contributed by atoms with Crippen molar-refractivity contribution in [1.82, 2.24) is 10.2 Å². The van der Waals surface area contributed by atoms with Crippen LogP contribution in [0.4, 0.5) is 4.39 Å². The lowest BCUT2D eigenvalue weighted by molar-refractivity contribution is -0.135. The third-order valence-corrected chi connectivity index (χ3v) is 3.82. The van der Waals surface area contributed by atoms with E-state index in [4.69, 9.17) is 4.74 Å². The molecule has 0 aromatic heterocycles. The average Bonchev–Trinajstić information content (AvgIpc) is 2.47. The van der Waals surface area contributed by atoms with Crippen LogP contribution >= 0.6 is 15.9 Å². The van der Waals surface area contributed by atoms with Crippen molar-refractivity contribution in [3.8, 4) is 0 Å². The number of amides is 2. The van der Waals surface area contributed by atoms with Crippen molar-refractivity contribution in [3.63, 3.8) is 0 Å². The molecule has 1 saturated heterocycles. The summed E-state index contributed by atoms with van der Waals surface area (Å²) in [6, 6.07) is 3.85. The van der Waals surface area contributed by atoms with E-state index in [9.17, 15) is 14.0 Å². The molecular weight excluding hydrogens is 343 g/mol. The molecule has 1 aliphatic heterocycles. The first-order valence-corrected chi connectivity index (χ1v) is 7.46. The second kappa shape index (κ2) is 7.51. The van der Waals surface area contributed by atoms with Crippen LogP contribution in [-0.2, 0) is 9.53 Å². The lowest BCUT2D eigenvalue weighted by atomic mass is 10.2. The third kappa shape index (κ3) is 4.50. The average molecular weight is 359 g/mol. The van der Waals surface area contributed by atoms with Gasteiger partial charge in [-0.3, -0.25) is 9.59 Å². The molecule has 0 radical (unpaired) electrons. The quantitative estimate of drug-likeness (QED) is 0.888. The first kappa shape index (κ1) is 15.9. The summed E-state index contributed by atoms with van der Waals surface area (Å²) in [5.74, 6) is -0.755. The number of rotatable bonds is 4. The van der Waals surface area contributed by atoms with Gasteiger partial charge in [0.05, 0.1) is 18.8 Å². The van der Waals surface area contributed by atoms with Gasteiger partial charge in [-0.15, -0.1) is 0 Å². The molecule has 7 heteroatoms. The van der Waals surface area contributed by atoms with Crippen LogP contribution in [0.1, 0.15) is 16.8 Å². The van der Waals surface area contributed by atoms with Gasteiger partial charge in [0.1, 0.15) is 5.82 Å². The Labute approximate surface area is 130 Å². The number of morpholine rings is 1. The predicted octanol–water partition coefficient (Wildman–Crippen LogP) is 1.57. The molecule has 1 N–H and O–H groups in total. The van der Waals surface area contributed by atoms with Crippen LogP contribution in [0, 0.1) is 5.82 Å². The third-order valence-electron chi connectivity index (χ3n) is 3.16. The van der Waals surface area contributed by atoms with Crippen molar-refractivity contribution in [2.45, 2.75) is 6.42 Å². The molecule has 1 heterocycles. The Bertz CT molecular complexity index is 533. The van der Waals surface area contributed by atoms with Crippen molar-refractivity contribution in [1.29, 1.82) is 0 Å². The fourth-order valence-corrected chi connectivity index (χ4v) is 2.55. The van der Waals surface area contributed by atoms with Gasteiger partial charge >= 0.3 is 0 Å². The van der Waals surface area contributed by atoms with E-state index < -0.39 is 5.82 Å². The smallest absolute Gasteiger partial charge is 0.252 e. The van der Waals surface area contributed by atoms with Gasteiger partial charge in [-0.1, -0.05) is 0 Å². The summed E-state index contributed by atoms with van der Waals surface area (Å²) in [5.41, 5.74) is 0.343. The van der Waals surface area contributed by atoms with E-state index in [1.54, 1.807) is 4.90 Å². The van der Waals surface area contributed by atoms with E-state index in [1.165, 1.54) is 18.2 Å². The van der Waals surface area contributed by atoms with Crippen LogP contribution in [0.25, 0.3) is 0 Å². The minimum Gasteiger partial charge on any atom is -0.378 e. The number of nitrogens with zero attached hydrogens (tertiary/aromatic N) is 1. The summed E-state index contributed by atoms with van der Waals surface area (Å²) in [7, 11) is 0. The maximum absolute atomic E-state index is 13.0. The number of hydrogen-bond acceptors (Lipinski definition) is 3. The summed E-state index contributed by atoms with van der Waals surface area (Å²) < 4.78 is 18.5. The first-order valence-electron chi connectivity index (χ1n) is 6.66. The van der Waals surface area contributed by atoms with E-state index in [0.717, 1.165) is 0 Å². The molecule has 2 rings (SSSR count). The van der Waals surface area contributed by atoms with E-state index in [-0.39, 0.29) is 24.8 Å². The van der Waals surface area contributed by atoms with Gasteiger partial charge in [-0.05, 0) is 34.1 Å². The van der Waals surface area contributed by atoms with Gasteiger partial charge in [0.25, 0.3) is 5.91 Å². The van der Waals surface area contributed by atoms with E-state index in [2.05, 4.69) is 21.2 Å². The van der Waals surface area contributed by atoms with Crippen LogP contribution in [0.15, 0.2) is 22.7 Å². The second-order valence-electron chi connectivity index (χ2n) is 4.62. The Kier molecular flexibility index (Phi) is 5.69. The highest BCUT2D eigenvalue weighted by molar-refractivity contribution is 9.10. The Morgan fingerprint density at radius 2 is 2.05 bits per heavy atom. The molecule has 0 bridgehead atoms. The molecule has 0 spiro atoms. The van der Waals surface area contributed by atoms with Crippen molar-refractivity contribution < 1.29 is 18.7 Å². The zero-order chi connectivity index (χ0) is 15.2. The molecule has 5 nitrogen and oxygen atoms in total. The molecule has 0 aliphatic carbocycles. The molecule has 114 valence electrons. The lowest BCUT2D eigenvalue weighted by Crippen LogP contribution is -2.42. The van der Waals surface area contributed by atoms with Gasteiger partial charge in [0.15, 0.2) is 0 Å². The first-order chi connectivity index (χ1) is 10.1. The van der Waals surface area contributed by atoms with Crippen LogP contribution in [0.5, 0.6) is 0 Å². The monoisotopic (exact) mass is 358 g/mol. The lowest BCUT2D eigenvalue weighted by Gasteiger charge is -2.26. The number of benzene rings is 1. The van der Waals surface area contributed by atoms with Crippen LogP contribution in [-0.4, -0.2) is 49.6 Å². The van der Waals surface area contributed by atoms with Crippen molar-refractivity contribution >= 4 is 27.7 Å². The SMILES string of the molecule is O=C(NCCC(=O)N1CCOCC1)c1ccc(F)cc1Br. The molecule has 0 atom stereocenters. The second-order valence-corrected chi connectivity index (χ2v) is 5.48. The normalized spacial score (nSPS) is 14.9. The van der Waals surface area contributed by atoms with E-state index in [0.29, 0.717) is 36.3 Å². The van der Waals surface area contributed by atoms with Gasteiger partial charge in [-0.25, -0.2) is 4.39 Å². The van der Waals surface area contributed by atoms with Gasteiger partial charge < -0.3 is 15.0 Å². The van der Waals surface area contributed by atoms with Crippen LogP contribution in [0.2, 0.25) is 0 Å².